The van der Waals surface area contributed by atoms with Gasteiger partial charge in [0.2, 0.25) is 0 Å². The molecule has 0 saturated heterocycles. The van der Waals surface area contributed by atoms with Crippen LogP contribution in [0.4, 0.5) is 5.69 Å². The molecule has 0 heterocycles. The van der Waals surface area contributed by atoms with Crippen molar-refractivity contribution < 1.29 is 19.1 Å². The third kappa shape index (κ3) is 4.62. The number of para-hydroxylation sites is 1. The molecule has 5 nitrogen and oxygen atoms in total. The van der Waals surface area contributed by atoms with Gasteiger partial charge in [0.1, 0.15) is 0 Å². The number of carbonyl (C=O) groups is 2. The molecule has 0 fully saturated rings. The SMILES string of the molecule is CCOC(=O)C1=C(Nc2ccccc2)C=C(C)[C@H](C(=O)OCC)[C@@H]1c1ccccc1. The summed E-state index contributed by atoms with van der Waals surface area (Å²) in [6.07, 6.45) is 1.85. The minimum absolute atomic E-state index is 0.245. The maximum atomic E-state index is 13.1. The maximum absolute atomic E-state index is 13.1. The lowest BCUT2D eigenvalue weighted by atomic mass is 9.73. The van der Waals surface area contributed by atoms with Crippen LogP contribution in [0.25, 0.3) is 0 Å². The first-order valence-electron chi connectivity index (χ1n) is 10.2. The third-order valence-corrected chi connectivity index (χ3v) is 5.04. The number of hydrogen-bond donors (Lipinski definition) is 1. The van der Waals surface area contributed by atoms with Crippen LogP contribution in [-0.4, -0.2) is 25.2 Å². The zero-order valence-corrected chi connectivity index (χ0v) is 17.6. The van der Waals surface area contributed by atoms with Crippen LogP contribution in [-0.2, 0) is 19.1 Å². The van der Waals surface area contributed by atoms with Gasteiger partial charge in [0.25, 0.3) is 0 Å². The van der Waals surface area contributed by atoms with Gasteiger partial charge in [-0.25, -0.2) is 4.79 Å². The molecule has 156 valence electrons. The Morgan fingerprint density at radius 3 is 2.10 bits per heavy atom. The average molecular weight is 405 g/mol. The van der Waals surface area contributed by atoms with Crippen molar-refractivity contribution in [3.8, 4) is 0 Å². The van der Waals surface area contributed by atoms with Crippen molar-refractivity contribution in [2.45, 2.75) is 26.7 Å². The Labute approximate surface area is 177 Å². The van der Waals surface area contributed by atoms with E-state index < -0.39 is 17.8 Å². The first kappa shape index (κ1) is 21.4. The van der Waals surface area contributed by atoms with E-state index in [2.05, 4.69) is 5.32 Å². The number of carbonyl (C=O) groups excluding carboxylic acids is 2. The van der Waals surface area contributed by atoms with Gasteiger partial charge in [0.05, 0.1) is 24.7 Å². The predicted octanol–water partition coefficient (Wildman–Crippen LogP) is 4.84. The Kier molecular flexibility index (Phi) is 7.07. The van der Waals surface area contributed by atoms with Crippen molar-refractivity contribution in [1.82, 2.24) is 0 Å². The second-order valence-electron chi connectivity index (χ2n) is 7.05. The molecule has 30 heavy (non-hydrogen) atoms. The van der Waals surface area contributed by atoms with Crippen molar-refractivity contribution in [2.75, 3.05) is 18.5 Å². The van der Waals surface area contributed by atoms with Crippen molar-refractivity contribution in [3.63, 3.8) is 0 Å². The van der Waals surface area contributed by atoms with E-state index in [0.717, 1.165) is 16.8 Å². The molecule has 0 bridgehead atoms. The molecule has 5 heteroatoms. The van der Waals surface area contributed by atoms with E-state index in [1.54, 1.807) is 13.8 Å². The van der Waals surface area contributed by atoms with E-state index in [9.17, 15) is 9.59 Å². The molecular formula is C25H27NO4. The number of hydrogen-bond acceptors (Lipinski definition) is 5. The van der Waals surface area contributed by atoms with Crippen LogP contribution in [0.1, 0.15) is 32.3 Å². The normalized spacial score (nSPS) is 18.4. The second kappa shape index (κ2) is 9.92. The van der Waals surface area contributed by atoms with Gasteiger partial charge >= 0.3 is 11.9 Å². The van der Waals surface area contributed by atoms with Gasteiger partial charge in [0.15, 0.2) is 0 Å². The van der Waals surface area contributed by atoms with E-state index in [0.29, 0.717) is 11.3 Å². The van der Waals surface area contributed by atoms with Crippen molar-refractivity contribution in [2.24, 2.45) is 5.92 Å². The molecule has 1 aliphatic carbocycles. The smallest absolute Gasteiger partial charge is 0.336 e. The molecule has 1 aliphatic rings. The Hall–Kier alpha value is -3.34. The molecule has 0 unspecified atom stereocenters. The van der Waals surface area contributed by atoms with Gasteiger partial charge in [0, 0.05) is 17.3 Å². The fourth-order valence-corrected chi connectivity index (χ4v) is 3.79. The highest BCUT2D eigenvalue weighted by Gasteiger charge is 2.42. The highest BCUT2D eigenvalue weighted by molar-refractivity contribution is 5.95. The molecule has 2 aromatic rings. The Balaban J connectivity index is 2.18. The van der Waals surface area contributed by atoms with Crippen molar-refractivity contribution in [1.29, 1.82) is 0 Å². The van der Waals surface area contributed by atoms with Crippen LogP contribution >= 0.6 is 0 Å². The Morgan fingerprint density at radius 1 is 0.900 bits per heavy atom. The highest BCUT2D eigenvalue weighted by Crippen LogP contribution is 2.43. The monoisotopic (exact) mass is 405 g/mol. The number of allylic oxidation sites excluding steroid dienone is 1. The number of benzene rings is 2. The van der Waals surface area contributed by atoms with Crippen molar-refractivity contribution >= 4 is 17.6 Å². The quantitative estimate of drug-likeness (QED) is 0.668. The summed E-state index contributed by atoms with van der Waals surface area (Å²) in [6, 6.07) is 19.2. The molecule has 0 spiro atoms. The molecular weight excluding hydrogens is 378 g/mol. The lowest BCUT2D eigenvalue weighted by Crippen LogP contribution is -2.34. The molecule has 0 radical (unpaired) electrons. The Bertz CT molecular complexity index is 948. The average Bonchev–Trinajstić information content (AvgIpc) is 2.75. The van der Waals surface area contributed by atoms with Gasteiger partial charge < -0.3 is 14.8 Å². The fourth-order valence-electron chi connectivity index (χ4n) is 3.79. The number of esters is 2. The summed E-state index contributed by atoms with van der Waals surface area (Å²) < 4.78 is 10.8. The van der Waals surface area contributed by atoms with Gasteiger partial charge in [-0.3, -0.25) is 4.79 Å². The van der Waals surface area contributed by atoms with Gasteiger partial charge in [-0.15, -0.1) is 0 Å². The molecule has 0 saturated carbocycles. The third-order valence-electron chi connectivity index (χ3n) is 5.04. The first-order chi connectivity index (χ1) is 14.6. The van der Waals surface area contributed by atoms with Crippen LogP contribution in [0.3, 0.4) is 0 Å². The maximum Gasteiger partial charge on any atom is 0.336 e. The van der Waals surface area contributed by atoms with E-state index in [1.165, 1.54) is 0 Å². The minimum Gasteiger partial charge on any atom is -0.466 e. The molecule has 0 aliphatic heterocycles. The van der Waals surface area contributed by atoms with Crippen LogP contribution < -0.4 is 5.32 Å². The van der Waals surface area contributed by atoms with Crippen molar-refractivity contribution in [3.05, 3.63) is 89.1 Å². The summed E-state index contributed by atoms with van der Waals surface area (Å²) in [4.78, 5) is 26.0. The van der Waals surface area contributed by atoms with Crippen LogP contribution in [0, 0.1) is 5.92 Å². The molecule has 0 amide bonds. The van der Waals surface area contributed by atoms with Gasteiger partial charge in [-0.2, -0.15) is 0 Å². The van der Waals surface area contributed by atoms with E-state index >= 15 is 0 Å². The predicted molar refractivity (Wildman–Crippen MR) is 117 cm³/mol. The lowest BCUT2D eigenvalue weighted by molar-refractivity contribution is -0.147. The second-order valence-corrected chi connectivity index (χ2v) is 7.05. The number of nitrogens with one attached hydrogen (secondary N) is 1. The number of anilines is 1. The van der Waals surface area contributed by atoms with E-state index in [-0.39, 0.29) is 19.2 Å². The topological polar surface area (TPSA) is 64.6 Å². The summed E-state index contributed by atoms with van der Waals surface area (Å²) >= 11 is 0. The summed E-state index contributed by atoms with van der Waals surface area (Å²) in [5.74, 6) is -1.91. The summed E-state index contributed by atoms with van der Waals surface area (Å²) in [7, 11) is 0. The van der Waals surface area contributed by atoms with E-state index in [4.69, 9.17) is 9.47 Å². The summed E-state index contributed by atoms with van der Waals surface area (Å²) in [5.41, 5.74) is 3.59. The van der Waals surface area contributed by atoms with Gasteiger partial charge in [-0.05, 0) is 44.5 Å². The number of rotatable bonds is 7. The molecule has 3 rings (SSSR count). The number of ether oxygens (including phenoxy) is 2. The molecule has 2 aromatic carbocycles. The largest absolute Gasteiger partial charge is 0.466 e. The summed E-state index contributed by atoms with van der Waals surface area (Å²) in [5, 5.41) is 3.34. The first-order valence-corrected chi connectivity index (χ1v) is 10.2. The van der Waals surface area contributed by atoms with Crippen LogP contribution in [0.5, 0.6) is 0 Å². The van der Waals surface area contributed by atoms with Crippen LogP contribution in [0.15, 0.2) is 83.6 Å². The molecule has 1 N–H and O–H groups in total. The minimum atomic E-state index is -0.604. The zero-order chi connectivity index (χ0) is 21.5. The molecule has 2 atom stereocenters. The summed E-state index contributed by atoms with van der Waals surface area (Å²) in [6.45, 7) is 5.97. The lowest BCUT2D eigenvalue weighted by Gasteiger charge is -2.33. The van der Waals surface area contributed by atoms with Crippen LogP contribution in [0.2, 0.25) is 0 Å². The Morgan fingerprint density at radius 2 is 1.50 bits per heavy atom. The van der Waals surface area contributed by atoms with Gasteiger partial charge in [-0.1, -0.05) is 54.1 Å². The standard InChI is InChI=1S/C25H27NO4/c1-4-29-24(27)21-17(3)16-20(26-19-14-10-7-11-15-19)23(25(28)30-5-2)22(21)18-12-8-6-9-13-18/h6-16,21-22,26H,4-5H2,1-3H3/t21-,22-/m0/s1. The highest BCUT2D eigenvalue weighted by atomic mass is 16.5. The zero-order valence-electron chi connectivity index (χ0n) is 17.6. The fraction of sp³-hybridized carbons (Fsp3) is 0.280. The molecule has 0 aromatic heterocycles. The van der Waals surface area contributed by atoms with E-state index in [1.807, 2.05) is 73.7 Å².